The molecule has 3 rings (SSSR count). The van der Waals surface area contributed by atoms with Gasteiger partial charge in [0.1, 0.15) is 5.75 Å². The normalized spacial score (nSPS) is 10.7. The number of phenolic OH excluding ortho intramolecular Hbond substituents is 1. The van der Waals surface area contributed by atoms with Gasteiger partial charge < -0.3 is 5.11 Å². The molecular formula is C14H11ClN4O. The summed E-state index contributed by atoms with van der Waals surface area (Å²) in [5.74, 6) is 0.597. The van der Waals surface area contributed by atoms with Gasteiger partial charge in [0.25, 0.3) is 0 Å². The number of nitrogens with zero attached hydrogens (tertiary/aromatic N) is 4. The maximum atomic E-state index is 9.86. The monoisotopic (exact) mass is 286 g/mol. The summed E-state index contributed by atoms with van der Waals surface area (Å²) < 4.78 is 0. The molecule has 0 aliphatic carbocycles. The van der Waals surface area contributed by atoms with E-state index in [2.05, 4.69) is 15.4 Å². The van der Waals surface area contributed by atoms with Crippen molar-refractivity contribution in [3.63, 3.8) is 0 Å². The Morgan fingerprint density at radius 2 is 1.85 bits per heavy atom. The Bertz CT molecular complexity index is 727. The fourth-order valence-electron chi connectivity index (χ4n) is 1.85. The third-order valence-corrected chi connectivity index (χ3v) is 3.17. The first-order chi connectivity index (χ1) is 9.74. The summed E-state index contributed by atoms with van der Waals surface area (Å²) in [7, 11) is 0. The van der Waals surface area contributed by atoms with Gasteiger partial charge in [-0.25, -0.2) is 0 Å². The van der Waals surface area contributed by atoms with E-state index >= 15 is 0 Å². The Morgan fingerprint density at radius 3 is 2.65 bits per heavy atom. The van der Waals surface area contributed by atoms with Gasteiger partial charge >= 0.3 is 0 Å². The maximum absolute atomic E-state index is 9.86. The lowest BCUT2D eigenvalue weighted by molar-refractivity contribution is 0.458. The first-order valence-corrected chi connectivity index (χ1v) is 6.41. The molecule has 0 amide bonds. The fourth-order valence-corrected chi connectivity index (χ4v) is 2.05. The van der Waals surface area contributed by atoms with E-state index in [4.69, 9.17) is 11.6 Å². The van der Waals surface area contributed by atoms with Crippen molar-refractivity contribution in [1.82, 2.24) is 20.2 Å². The van der Waals surface area contributed by atoms with Crippen molar-refractivity contribution >= 4 is 11.6 Å². The van der Waals surface area contributed by atoms with Gasteiger partial charge in [0.15, 0.2) is 0 Å². The zero-order valence-corrected chi connectivity index (χ0v) is 11.2. The molecule has 6 heteroatoms. The van der Waals surface area contributed by atoms with Gasteiger partial charge in [-0.2, -0.15) is 4.80 Å². The summed E-state index contributed by atoms with van der Waals surface area (Å²) in [6.45, 7) is 0.312. The van der Waals surface area contributed by atoms with Crippen LogP contribution in [0.4, 0.5) is 0 Å². The average Bonchev–Trinajstić information content (AvgIpc) is 2.93. The second kappa shape index (κ2) is 5.30. The molecule has 3 aromatic rings. The molecule has 20 heavy (non-hydrogen) atoms. The highest BCUT2D eigenvalue weighted by Crippen LogP contribution is 2.27. The lowest BCUT2D eigenvalue weighted by Crippen LogP contribution is -2.04. The topological polar surface area (TPSA) is 63.8 Å². The number of aromatic nitrogens is 4. The Morgan fingerprint density at radius 1 is 1.05 bits per heavy atom. The second-order valence-electron chi connectivity index (χ2n) is 4.26. The maximum Gasteiger partial charge on any atom is 0.204 e. The quantitative estimate of drug-likeness (QED) is 0.804. The van der Waals surface area contributed by atoms with Crippen LogP contribution in [0, 0.1) is 0 Å². The largest absolute Gasteiger partial charge is 0.506 e. The molecular weight excluding hydrogens is 276 g/mol. The lowest BCUT2D eigenvalue weighted by atomic mass is 10.2. The third kappa shape index (κ3) is 2.48. The molecule has 0 atom stereocenters. The van der Waals surface area contributed by atoms with Crippen molar-refractivity contribution < 1.29 is 5.11 Å². The SMILES string of the molecule is Oc1c(Cl)cccc1Cn1nnc(-c2ccccc2)n1. The predicted molar refractivity (Wildman–Crippen MR) is 75.5 cm³/mol. The van der Waals surface area contributed by atoms with E-state index < -0.39 is 0 Å². The number of phenols is 1. The Labute approximate surface area is 120 Å². The van der Waals surface area contributed by atoms with Crippen LogP contribution in [0.15, 0.2) is 48.5 Å². The molecule has 5 nitrogen and oxygen atoms in total. The van der Waals surface area contributed by atoms with Crippen LogP contribution in [-0.2, 0) is 6.54 Å². The second-order valence-corrected chi connectivity index (χ2v) is 4.66. The van der Waals surface area contributed by atoms with E-state index in [1.807, 2.05) is 30.3 Å². The van der Waals surface area contributed by atoms with Crippen LogP contribution in [0.1, 0.15) is 5.56 Å². The number of halogens is 1. The van der Waals surface area contributed by atoms with Gasteiger partial charge in [-0.1, -0.05) is 54.1 Å². The van der Waals surface area contributed by atoms with Crippen LogP contribution in [0.25, 0.3) is 11.4 Å². The van der Waals surface area contributed by atoms with Gasteiger partial charge in [0.05, 0.1) is 11.6 Å². The molecule has 0 radical (unpaired) electrons. The number of aromatic hydroxyl groups is 1. The number of hydrogen-bond acceptors (Lipinski definition) is 4. The molecule has 0 spiro atoms. The number of hydrogen-bond donors (Lipinski definition) is 1. The van der Waals surface area contributed by atoms with Crippen LogP contribution in [-0.4, -0.2) is 25.3 Å². The van der Waals surface area contributed by atoms with Gasteiger partial charge in [-0.3, -0.25) is 0 Å². The molecule has 1 heterocycles. The molecule has 0 aliphatic heterocycles. The fraction of sp³-hybridized carbons (Fsp3) is 0.0714. The van der Waals surface area contributed by atoms with Gasteiger partial charge in [0.2, 0.25) is 5.82 Å². The zero-order chi connectivity index (χ0) is 13.9. The summed E-state index contributed by atoms with van der Waals surface area (Å²) in [5.41, 5.74) is 1.54. The van der Waals surface area contributed by atoms with E-state index in [0.29, 0.717) is 23.0 Å². The number of rotatable bonds is 3. The number of tetrazole rings is 1. The van der Waals surface area contributed by atoms with Crippen molar-refractivity contribution in [3.05, 3.63) is 59.1 Å². The van der Waals surface area contributed by atoms with E-state index in [-0.39, 0.29) is 5.75 Å². The van der Waals surface area contributed by atoms with Crippen molar-refractivity contribution in [2.75, 3.05) is 0 Å². The molecule has 0 saturated carbocycles. The molecule has 2 aromatic carbocycles. The summed E-state index contributed by atoms with van der Waals surface area (Å²) in [5, 5.41) is 22.4. The average molecular weight is 287 g/mol. The zero-order valence-electron chi connectivity index (χ0n) is 10.4. The molecule has 0 unspecified atom stereocenters. The Kier molecular flexibility index (Phi) is 3.35. The third-order valence-electron chi connectivity index (χ3n) is 2.87. The van der Waals surface area contributed by atoms with Crippen LogP contribution < -0.4 is 0 Å². The number of benzene rings is 2. The van der Waals surface area contributed by atoms with Crippen LogP contribution >= 0.6 is 11.6 Å². The van der Waals surface area contributed by atoms with Gasteiger partial charge in [-0.05, 0) is 11.3 Å². The van der Waals surface area contributed by atoms with Crippen molar-refractivity contribution in [2.45, 2.75) is 6.54 Å². The highest BCUT2D eigenvalue weighted by Gasteiger charge is 2.09. The van der Waals surface area contributed by atoms with E-state index in [9.17, 15) is 5.11 Å². The minimum Gasteiger partial charge on any atom is -0.506 e. The first-order valence-electron chi connectivity index (χ1n) is 6.03. The van der Waals surface area contributed by atoms with Crippen LogP contribution in [0.2, 0.25) is 5.02 Å². The van der Waals surface area contributed by atoms with Crippen molar-refractivity contribution in [1.29, 1.82) is 0 Å². The molecule has 0 aliphatic rings. The minimum atomic E-state index is 0.0488. The first kappa shape index (κ1) is 12.6. The summed E-state index contributed by atoms with van der Waals surface area (Å²) in [6, 6.07) is 14.8. The highest BCUT2D eigenvalue weighted by atomic mass is 35.5. The smallest absolute Gasteiger partial charge is 0.204 e. The number of para-hydroxylation sites is 1. The van der Waals surface area contributed by atoms with E-state index in [1.165, 1.54) is 4.80 Å². The van der Waals surface area contributed by atoms with E-state index in [1.54, 1.807) is 18.2 Å². The van der Waals surface area contributed by atoms with E-state index in [0.717, 1.165) is 5.56 Å². The standard InChI is InChI=1S/C14H11ClN4O/c15-12-8-4-7-11(13(12)20)9-19-17-14(16-18-19)10-5-2-1-3-6-10/h1-8,20H,9H2. The van der Waals surface area contributed by atoms with Crippen molar-refractivity contribution in [3.8, 4) is 17.1 Å². The van der Waals surface area contributed by atoms with Gasteiger partial charge in [0, 0.05) is 11.1 Å². The van der Waals surface area contributed by atoms with Crippen LogP contribution in [0.5, 0.6) is 5.75 Å². The Hall–Kier alpha value is -2.40. The van der Waals surface area contributed by atoms with Crippen molar-refractivity contribution in [2.24, 2.45) is 0 Å². The molecule has 100 valence electrons. The summed E-state index contributed by atoms with van der Waals surface area (Å²) >= 11 is 5.87. The highest BCUT2D eigenvalue weighted by molar-refractivity contribution is 6.32. The summed E-state index contributed by atoms with van der Waals surface area (Å²) in [6.07, 6.45) is 0. The van der Waals surface area contributed by atoms with Crippen LogP contribution in [0.3, 0.4) is 0 Å². The Balaban J connectivity index is 1.86. The van der Waals surface area contributed by atoms with Gasteiger partial charge in [-0.15, -0.1) is 10.2 Å². The molecule has 1 aromatic heterocycles. The molecule has 0 saturated heterocycles. The molecule has 1 N–H and O–H groups in total. The molecule has 0 bridgehead atoms. The summed E-state index contributed by atoms with van der Waals surface area (Å²) in [4.78, 5) is 1.42. The molecule has 0 fully saturated rings. The lowest BCUT2D eigenvalue weighted by Gasteiger charge is -2.04. The predicted octanol–water partition coefficient (Wildman–Crippen LogP) is 2.75. The minimum absolute atomic E-state index is 0.0488.